The highest BCUT2D eigenvalue weighted by atomic mass is 19.3. The van der Waals surface area contributed by atoms with Gasteiger partial charge in [0.2, 0.25) is 5.91 Å². The average molecular weight is 324 g/mol. The quantitative estimate of drug-likeness (QED) is 0.806. The minimum Gasteiger partial charge on any atom is -0.435 e. The van der Waals surface area contributed by atoms with Crippen LogP contribution in [0.1, 0.15) is 18.9 Å². The summed E-state index contributed by atoms with van der Waals surface area (Å²) >= 11 is 0. The lowest BCUT2D eigenvalue weighted by molar-refractivity contribution is -0.121. The van der Waals surface area contributed by atoms with Crippen LogP contribution < -0.4 is 10.1 Å². The zero-order chi connectivity index (χ0) is 16.7. The molecule has 0 saturated carbocycles. The van der Waals surface area contributed by atoms with E-state index in [1.807, 2.05) is 6.92 Å². The van der Waals surface area contributed by atoms with E-state index < -0.39 is 6.61 Å². The first-order valence-electron chi connectivity index (χ1n) is 7.18. The van der Waals surface area contributed by atoms with Crippen molar-refractivity contribution in [1.82, 2.24) is 20.1 Å². The predicted molar refractivity (Wildman–Crippen MR) is 79.0 cm³/mol. The Balaban J connectivity index is 1.73. The zero-order valence-electron chi connectivity index (χ0n) is 12.7. The molecule has 2 aromatic rings. The van der Waals surface area contributed by atoms with E-state index in [-0.39, 0.29) is 17.7 Å². The summed E-state index contributed by atoms with van der Waals surface area (Å²) < 4.78 is 30.0. The molecule has 1 aromatic heterocycles. The number of alkyl halides is 2. The maximum absolute atomic E-state index is 12.0. The van der Waals surface area contributed by atoms with Crippen molar-refractivity contribution in [2.45, 2.75) is 39.0 Å². The van der Waals surface area contributed by atoms with Crippen molar-refractivity contribution in [3.05, 3.63) is 42.5 Å². The number of benzene rings is 1. The number of hydrogen-bond donors (Lipinski definition) is 1. The molecule has 0 spiro atoms. The van der Waals surface area contributed by atoms with Gasteiger partial charge in [-0.15, -0.1) is 0 Å². The summed E-state index contributed by atoms with van der Waals surface area (Å²) in [7, 11) is 0. The summed E-state index contributed by atoms with van der Waals surface area (Å²) in [4.78, 5) is 15.7. The summed E-state index contributed by atoms with van der Waals surface area (Å²) in [5.74, 6) is 0.0279. The van der Waals surface area contributed by atoms with Crippen LogP contribution in [0.25, 0.3) is 0 Å². The van der Waals surface area contributed by atoms with Crippen molar-refractivity contribution >= 4 is 5.91 Å². The van der Waals surface area contributed by atoms with Crippen LogP contribution >= 0.6 is 0 Å². The molecular formula is C15H18F2N4O2. The zero-order valence-corrected chi connectivity index (χ0v) is 12.7. The van der Waals surface area contributed by atoms with Crippen LogP contribution in [0, 0.1) is 0 Å². The van der Waals surface area contributed by atoms with Crippen LogP contribution in [0.5, 0.6) is 5.75 Å². The molecule has 6 nitrogen and oxygen atoms in total. The SMILES string of the molecule is CC(Cn1cncn1)NC(=O)CCc1ccc(OC(F)F)cc1. The normalized spacial score (nSPS) is 12.2. The Kier molecular flexibility index (Phi) is 6.02. The number of aromatic nitrogens is 3. The minimum absolute atomic E-state index is 0.0639. The van der Waals surface area contributed by atoms with Crippen molar-refractivity contribution in [2.75, 3.05) is 0 Å². The molecule has 1 amide bonds. The number of halogens is 2. The Morgan fingerprint density at radius 3 is 2.70 bits per heavy atom. The summed E-state index contributed by atoms with van der Waals surface area (Å²) in [5, 5.41) is 6.85. The van der Waals surface area contributed by atoms with Gasteiger partial charge in [0, 0.05) is 12.5 Å². The topological polar surface area (TPSA) is 69.0 Å². The molecule has 0 radical (unpaired) electrons. The molecule has 1 heterocycles. The number of rotatable bonds is 8. The number of hydrogen-bond acceptors (Lipinski definition) is 4. The molecule has 124 valence electrons. The third-order valence-corrected chi connectivity index (χ3v) is 3.12. The van der Waals surface area contributed by atoms with Crippen molar-refractivity contribution in [3.63, 3.8) is 0 Å². The van der Waals surface area contributed by atoms with Gasteiger partial charge in [-0.2, -0.15) is 13.9 Å². The summed E-state index contributed by atoms with van der Waals surface area (Å²) in [6.45, 7) is -0.403. The fourth-order valence-corrected chi connectivity index (χ4v) is 2.10. The highest BCUT2D eigenvalue weighted by Crippen LogP contribution is 2.15. The van der Waals surface area contributed by atoms with E-state index in [1.54, 1.807) is 23.1 Å². The second kappa shape index (κ2) is 8.21. The van der Waals surface area contributed by atoms with E-state index in [1.165, 1.54) is 18.5 Å². The highest BCUT2D eigenvalue weighted by molar-refractivity contribution is 5.76. The Morgan fingerprint density at radius 1 is 1.35 bits per heavy atom. The average Bonchev–Trinajstić information content (AvgIpc) is 2.98. The maximum Gasteiger partial charge on any atom is 0.387 e. The van der Waals surface area contributed by atoms with Gasteiger partial charge in [-0.25, -0.2) is 4.98 Å². The van der Waals surface area contributed by atoms with Crippen molar-refractivity contribution in [1.29, 1.82) is 0 Å². The van der Waals surface area contributed by atoms with Crippen LogP contribution in [-0.4, -0.2) is 33.3 Å². The lowest BCUT2D eigenvalue weighted by Crippen LogP contribution is -2.35. The van der Waals surface area contributed by atoms with Crippen LogP contribution in [0.15, 0.2) is 36.9 Å². The lowest BCUT2D eigenvalue weighted by atomic mass is 10.1. The molecule has 0 bridgehead atoms. The predicted octanol–water partition coefficient (Wildman–Crippen LogP) is 2.02. The van der Waals surface area contributed by atoms with E-state index in [0.717, 1.165) is 5.56 Å². The first-order valence-corrected chi connectivity index (χ1v) is 7.18. The molecule has 0 saturated heterocycles. The van der Waals surface area contributed by atoms with E-state index in [4.69, 9.17) is 0 Å². The number of amides is 1. The number of carbonyl (C=O) groups excluding carboxylic acids is 1. The number of nitrogens with zero attached hydrogens (tertiary/aromatic N) is 3. The molecular weight excluding hydrogens is 306 g/mol. The van der Waals surface area contributed by atoms with Gasteiger partial charge >= 0.3 is 6.61 Å². The Morgan fingerprint density at radius 2 is 2.09 bits per heavy atom. The summed E-state index contributed by atoms with van der Waals surface area (Å²) in [6.07, 6.45) is 3.87. The maximum atomic E-state index is 12.0. The van der Waals surface area contributed by atoms with Gasteiger partial charge in [-0.1, -0.05) is 12.1 Å². The van der Waals surface area contributed by atoms with Crippen LogP contribution in [0.3, 0.4) is 0 Å². The number of ether oxygens (including phenoxy) is 1. The second-order valence-corrected chi connectivity index (χ2v) is 5.11. The third kappa shape index (κ3) is 6.01. The molecule has 0 fully saturated rings. The molecule has 1 N–H and O–H groups in total. The first kappa shape index (κ1) is 16.9. The van der Waals surface area contributed by atoms with Gasteiger partial charge in [0.15, 0.2) is 0 Å². The van der Waals surface area contributed by atoms with Crippen LogP contribution in [0.4, 0.5) is 8.78 Å². The lowest BCUT2D eigenvalue weighted by Gasteiger charge is -2.13. The molecule has 23 heavy (non-hydrogen) atoms. The van der Waals surface area contributed by atoms with E-state index in [2.05, 4.69) is 20.1 Å². The van der Waals surface area contributed by atoms with Crippen LogP contribution in [-0.2, 0) is 17.8 Å². The first-order chi connectivity index (χ1) is 11.0. The number of nitrogens with one attached hydrogen (secondary N) is 1. The van der Waals surface area contributed by atoms with Gasteiger partial charge in [-0.3, -0.25) is 9.48 Å². The summed E-state index contributed by atoms with van der Waals surface area (Å²) in [6, 6.07) is 6.21. The highest BCUT2D eigenvalue weighted by Gasteiger charge is 2.09. The molecule has 1 unspecified atom stereocenters. The molecule has 8 heteroatoms. The molecule has 1 atom stereocenters. The second-order valence-electron chi connectivity index (χ2n) is 5.11. The van der Waals surface area contributed by atoms with Crippen molar-refractivity contribution in [3.8, 4) is 5.75 Å². The van der Waals surface area contributed by atoms with Gasteiger partial charge in [0.25, 0.3) is 0 Å². The van der Waals surface area contributed by atoms with Gasteiger partial charge in [-0.05, 0) is 31.0 Å². The fourth-order valence-electron chi connectivity index (χ4n) is 2.10. The van der Waals surface area contributed by atoms with Gasteiger partial charge < -0.3 is 10.1 Å². The third-order valence-electron chi connectivity index (χ3n) is 3.12. The van der Waals surface area contributed by atoms with E-state index in [9.17, 15) is 13.6 Å². The number of carbonyl (C=O) groups is 1. The Labute approximate surface area is 132 Å². The van der Waals surface area contributed by atoms with Gasteiger partial charge in [0.1, 0.15) is 18.4 Å². The van der Waals surface area contributed by atoms with E-state index in [0.29, 0.717) is 19.4 Å². The number of aryl methyl sites for hydroxylation is 1. The summed E-state index contributed by atoms with van der Waals surface area (Å²) in [5.41, 5.74) is 0.880. The van der Waals surface area contributed by atoms with Gasteiger partial charge in [0.05, 0.1) is 6.54 Å². The molecule has 0 aliphatic carbocycles. The minimum atomic E-state index is -2.84. The standard InChI is InChI=1S/C15H18F2N4O2/c1-11(8-21-10-18-9-19-21)20-14(22)7-4-12-2-5-13(6-3-12)23-15(16)17/h2-3,5-6,9-11,15H,4,7-8H2,1H3,(H,20,22). The largest absolute Gasteiger partial charge is 0.435 e. The van der Waals surface area contributed by atoms with Crippen molar-refractivity contribution in [2.24, 2.45) is 0 Å². The molecule has 2 rings (SSSR count). The Hall–Kier alpha value is -2.51. The molecule has 0 aliphatic heterocycles. The fraction of sp³-hybridized carbons (Fsp3) is 0.400. The van der Waals surface area contributed by atoms with Crippen molar-refractivity contribution < 1.29 is 18.3 Å². The smallest absolute Gasteiger partial charge is 0.387 e. The Bertz CT molecular complexity index is 602. The molecule has 1 aromatic carbocycles. The monoisotopic (exact) mass is 324 g/mol. The van der Waals surface area contributed by atoms with E-state index >= 15 is 0 Å². The van der Waals surface area contributed by atoms with Crippen LogP contribution in [0.2, 0.25) is 0 Å². The molecule has 0 aliphatic rings.